The van der Waals surface area contributed by atoms with E-state index < -0.39 is 0 Å². The molecule has 2 nitrogen and oxygen atoms in total. The molecule has 2 rings (SSSR count). The number of rotatable bonds is 0. The van der Waals surface area contributed by atoms with E-state index in [1.807, 2.05) is 18.2 Å². The van der Waals surface area contributed by atoms with E-state index in [9.17, 15) is 4.79 Å². The predicted molar refractivity (Wildman–Crippen MR) is 45.9 cm³/mol. The van der Waals surface area contributed by atoms with Crippen molar-refractivity contribution in [3.8, 4) is 0 Å². The van der Waals surface area contributed by atoms with Gasteiger partial charge in [0.05, 0.1) is 5.75 Å². The standard InChI is InChI=1S/C8H7NOS/c9-6-3-1-2-5-7(10)4-11-8(5)6/h1-3H,4,9H2. The zero-order valence-corrected chi connectivity index (χ0v) is 6.65. The number of carbonyl (C=O) groups is 1. The number of ketones is 1. The van der Waals surface area contributed by atoms with E-state index in [0.29, 0.717) is 5.75 Å². The molecular weight excluding hydrogens is 158 g/mol. The van der Waals surface area contributed by atoms with Crippen molar-refractivity contribution in [3.63, 3.8) is 0 Å². The smallest absolute Gasteiger partial charge is 0.174 e. The highest BCUT2D eigenvalue weighted by Crippen LogP contribution is 2.35. The maximum atomic E-state index is 11.1. The summed E-state index contributed by atoms with van der Waals surface area (Å²) in [6.45, 7) is 0. The second-order valence-corrected chi connectivity index (χ2v) is 3.42. The molecule has 1 heterocycles. The average Bonchev–Trinajstić information content (AvgIpc) is 2.35. The third kappa shape index (κ3) is 0.922. The normalized spacial score (nSPS) is 15.1. The van der Waals surface area contributed by atoms with Gasteiger partial charge in [-0.15, -0.1) is 11.8 Å². The fourth-order valence-electron chi connectivity index (χ4n) is 1.15. The third-order valence-electron chi connectivity index (χ3n) is 1.69. The predicted octanol–water partition coefficient (Wildman–Crippen LogP) is 1.56. The second kappa shape index (κ2) is 2.27. The minimum atomic E-state index is 0.192. The number of carbonyl (C=O) groups excluding carboxylic acids is 1. The zero-order chi connectivity index (χ0) is 7.84. The fraction of sp³-hybridized carbons (Fsp3) is 0.125. The van der Waals surface area contributed by atoms with Gasteiger partial charge in [0, 0.05) is 16.1 Å². The molecule has 0 fully saturated rings. The highest BCUT2D eigenvalue weighted by molar-refractivity contribution is 8.00. The summed E-state index contributed by atoms with van der Waals surface area (Å²) < 4.78 is 0. The average molecular weight is 165 g/mol. The molecule has 0 amide bonds. The van der Waals surface area contributed by atoms with Crippen molar-refractivity contribution in [2.45, 2.75) is 4.90 Å². The molecule has 2 N–H and O–H groups in total. The number of fused-ring (bicyclic) bond motifs is 1. The summed E-state index contributed by atoms with van der Waals surface area (Å²) in [5, 5.41) is 0. The van der Waals surface area contributed by atoms with Crippen LogP contribution < -0.4 is 5.73 Å². The molecule has 0 unspecified atom stereocenters. The van der Waals surface area contributed by atoms with Gasteiger partial charge in [-0.3, -0.25) is 4.79 Å². The van der Waals surface area contributed by atoms with Gasteiger partial charge in [0.1, 0.15) is 0 Å². The molecule has 1 aliphatic rings. The summed E-state index contributed by atoms with van der Waals surface area (Å²) in [6.07, 6.45) is 0. The van der Waals surface area contributed by atoms with Gasteiger partial charge in [-0.1, -0.05) is 12.1 Å². The Hall–Kier alpha value is -0.960. The van der Waals surface area contributed by atoms with Gasteiger partial charge in [0.2, 0.25) is 0 Å². The highest BCUT2D eigenvalue weighted by atomic mass is 32.2. The molecule has 0 saturated heterocycles. The Morgan fingerprint density at radius 3 is 3.00 bits per heavy atom. The largest absolute Gasteiger partial charge is 0.398 e. The van der Waals surface area contributed by atoms with Gasteiger partial charge in [-0.25, -0.2) is 0 Å². The van der Waals surface area contributed by atoms with Crippen LogP contribution in [0.1, 0.15) is 10.4 Å². The molecule has 1 aromatic rings. The lowest BCUT2D eigenvalue weighted by Crippen LogP contribution is -1.95. The van der Waals surface area contributed by atoms with Gasteiger partial charge in [-0.2, -0.15) is 0 Å². The molecule has 11 heavy (non-hydrogen) atoms. The molecule has 0 aliphatic carbocycles. The summed E-state index contributed by atoms with van der Waals surface area (Å²) >= 11 is 1.53. The number of nitrogen functional groups attached to an aromatic ring is 1. The van der Waals surface area contributed by atoms with Crippen molar-refractivity contribution in [1.29, 1.82) is 0 Å². The maximum Gasteiger partial charge on any atom is 0.174 e. The van der Waals surface area contributed by atoms with Gasteiger partial charge < -0.3 is 5.73 Å². The van der Waals surface area contributed by atoms with Crippen molar-refractivity contribution in [2.75, 3.05) is 11.5 Å². The van der Waals surface area contributed by atoms with E-state index >= 15 is 0 Å². The number of benzene rings is 1. The molecule has 0 aromatic heterocycles. The summed E-state index contributed by atoms with van der Waals surface area (Å²) in [5.41, 5.74) is 7.17. The molecule has 0 spiro atoms. The van der Waals surface area contributed by atoms with E-state index in [0.717, 1.165) is 16.1 Å². The topological polar surface area (TPSA) is 43.1 Å². The van der Waals surface area contributed by atoms with Crippen LogP contribution in [-0.4, -0.2) is 11.5 Å². The highest BCUT2D eigenvalue weighted by Gasteiger charge is 2.21. The van der Waals surface area contributed by atoms with E-state index in [-0.39, 0.29) is 5.78 Å². The summed E-state index contributed by atoms with van der Waals surface area (Å²) in [7, 11) is 0. The Morgan fingerprint density at radius 2 is 2.27 bits per heavy atom. The van der Waals surface area contributed by atoms with Crippen molar-refractivity contribution < 1.29 is 4.79 Å². The lowest BCUT2D eigenvalue weighted by molar-refractivity contribution is 0.102. The number of hydrogen-bond acceptors (Lipinski definition) is 3. The van der Waals surface area contributed by atoms with Crippen LogP contribution in [0.3, 0.4) is 0 Å². The van der Waals surface area contributed by atoms with Gasteiger partial charge in [0.25, 0.3) is 0 Å². The second-order valence-electron chi connectivity index (χ2n) is 2.44. The quantitative estimate of drug-likeness (QED) is 0.593. The van der Waals surface area contributed by atoms with Crippen LogP contribution in [0.4, 0.5) is 5.69 Å². The number of thioether (sulfide) groups is 1. The minimum Gasteiger partial charge on any atom is -0.398 e. The van der Waals surface area contributed by atoms with Crippen LogP contribution in [0, 0.1) is 0 Å². The maximum absolute atomic E-state index is 11.1. The lowest BCUT2D eigenvalue weighted by atomic mass is 10.1. The molecule has 0 saturated carbocycles. The molecule has 3 heteroatoms. The molecule has 1 aliphatic heterocycles. The number of anilines is 1. The molecule has 0 atom stereocenters. The first kappa shape index (κ1) is 6.73. The van der Waals surface area contributed by atoms with Crippen molar-refractivity contribution in [2.24, 2.45) is 0 Å². The third-order valence-corrected chi connectivity index (χ3v) is 2.84. The molecule has 56 valence electrons. The van der Waals surface area contributed by atoms with Crippen LogP contribution >= 0.6 is 11.8 Å². The molecular formula is C8H7NOS. The summed E-state index contributed by atoms with van der Waals surface area (Å²) in [6, 6.07) is 5.47. The minimum absolute atomic E-state index is 0.192. The Kier molecular flexibility index (Phi) is 1.39. The molecule has 0 radical (unpaired) electrons. The van der Waals surface area contributed by atoms with Crippen LogP contribution in [-0.2, 0) is 0 Å². The van der Waals surface area contributed by atoms with Crippen molar-refractivity contribution >= 4 is 23.2 Å². The molecule has 1 aromatic carbocycles. The van der Waals surface area contributed by atoms with Crippen molar-refractivity contribution in [3.05, 3.63) is 23.8 Å². The zero-order valence-electron chi connectivity index (χ0n) is 5.83. The van der Waals surface area contributed by atoms with Crippen LogP contribution in [0.25, 0.3) is 0 Å². The number of nitrogens with two attached hydrogens (primary N) is 1. The van der Waals surface area contributed by atoms with E-state index in [1.54, 1.807) is 0 Å². The van der Waals surface area contributed by atoms with E-state index in [1.165, 1.54) is 11.8 Å². The van der Waals surface area contributed by atoms with Crippen LogP contribution in [0.2, 0.25) is 0 Å². The van der Waals surface area contributed by atoms with Crippen molar-refractivity contribution in [1.82, 2.24) is 0 Å². The SMILES string of the molecule is Nc1cccc2c1SCC2=O. The van der Waals surface area contributed by atoms with Crippen LogP contribution in [0.5, 0.6) is 0 Å². The fourth-order valence-corrected chi connectivity index (χ4v) is 2.15. The number of hydrogen-bond donors (Lipinski definition) is 1. The monoisotopic (exact) mass is 165 g/mol. The first-order valence-electron chi connectivity index (χ1n) is 3.33. The van der Waals surface area contributed by atoms with Crippen LogP contribution in [0.15, 0.2) is 23.1 Å². The summed E-state index contributed by atoms with van der Waals surface area (Å²) in [5.74, 6) is 0.737. The van der Waals surface area contributed by atoms with Gasteiger partial charge >= 0.3 is 0 Å². The van der Waals surface area contributed by atoms with E-state index in [2.05, 4.69) is 0 Å². The van der Waals surface area contributed by atoms with Gasteiger partial charge in [-0.05, 0) is 6.07 Å². The Morgan fingerprint density at radius 1 is 1.45 bits per heavy atom. The number of Topliss-reactive ketones (excluding diaryl/α,β-unsaturated/α-hetero) is 1. The first-order chi connectivity index (χ1) is 5.29. The Bertz CT molecular complexity index is 322. The van der Waals surface area contributed by atoms with E-state index in [4.69, 9.17) is 5.73 Å². The van der Waals surface area contributed by atoms with Gasteiger partial charge in [0.15, 0.2) is 5.78 Å². The Labute approximate surface area is 68.8 Å². The lowest BCUT2D eigenvalue weighted by Gasteiger charge is -1.98. The first-order valence-corrected chi connectivity index (χ1v) is 4.32. The molecule has 0 bridgehead atoms. The Balaban J connectivity index is 2.66. The summed E-state index contributed by atoms with van der Waals surface area (Å²) in [4.78, 5) is 12.1.